The highest BCUT2D eigenvalue weighted by atomic mass is 32.2. The topological polar surface area (TPSA) is 62.2 Å². The number of aliphatic imine (C=N–C) groups is 1. The molecule has 1 aromatic carbocycles. The first-order valence-electron chi connectivity index (χ1n) is 12.2. The number of nitrogens with zero attached hydrogens (tertiary/aromatic N) is 3. The number of amides is 1. The van der Waals surface area contributed by atoms with Gasteiger partial charge in [0.25, 0.3) is 0 Å². The van der Waals surface area contributed by atoms with E-state index in [2.05, 4.69) is 4.99 Å². The van der Waals surface area contributed by atoms with E-state index in [1.54, 1.807) is 18.7 Å². The third kappa shape index (κ3) is 5.33. The Morgan fingerprint density at radius 1 is 1.17 bits per heavy atom. The molecular formula is C26H30F3N3O3S. The highest BCUT2D eigenvalue weighted by Gasteiger charge is 2.42. The van der Waals surface area contributed by atoms with Crippen LogP contribution < -0.4 is 0 Å². The molecule has 2 heterocycles. The van der Waals surface area contributed by atoms with Crippen molar-refractivity contribution in [2.75, 3.05) is 13.7 Å². The number of thioether (sulfide) groups is 1. The van der Waals surface area contributed by atoms with Gasteiger partial charge in [0.15, 0.2) is 5.17 Å². The Balaban J connectivity index is 1.67. The predicted molar refractivity (Wildman–Crippen MR) is 133 cm³/mol. The number of esters is 1. The number of carbonyl (C=O) groups excluding carboxylic acids is 2. The van der Waals surface area contributed by atoms with E-state index >= 15 is 0 Å². The first-order chi connectivity index (χ1) is 17.1. The van der Waals surface area contributed by atoms with E-state index < -0.39 is 23.8 Å². The quantitative estimate of drug-likeness (QED) is 0.428. The molecule has 1 saturated carbocycles. The third-order valence-corrected chi connectivity index (χ3v) is 7.79. The van der Waals surface area contributed by atoms with Gasteiger partial charge in [-0.3, -0.25) is 4.79 Å². The fourth-order valence-electron chi connectivity index (χ4n) is 4.96. The van der Waals surface area contributed by atoms with Crippen LogP contribution >= 0.6 is 11.8 Å². The largest absolute Gasteiger partial charge is 0.463 e. The van der Waals surface area contributed by atoms with Crippen LogP contribution in [0.2, 0.25) is 0 Å². The van der Waals surface area contributed by atoms with E-state index in [0.29, 0.717) is 22.1 Å². The third-order valence-electron chi connectivity index (χ3n) is 6.90. The summed E-state index contributed by atoms with van der Waals surface area (Å²) in [5, 5.41) is 2.41. The molecule has 10 heteroatoms. The van der Waals surface area contributed by atoms with Gasteiger partial charge in [-0.15, -0.1) is 0 Å². The number of halogens is 3. The van der Waals surface area contributed by atoms with Crippen LogP contribution in [-0.2, 0) is 20.5 Å². The zero-order valence-electron chi connectivity index (χ0n) is 20.6. The van der Waals surface area contributed by atoms with Crippen LogP contribution in [-0.4, -0.2) is 46.5 Å². The molecule has 194 valence electrons. The van der Waals surface area contributed by atoms with Gasteiger partial charge in [-0.1, -0.05) is 43.2 Å². The molecule has 3 aliphatic rings. The van der Waals surface area contributed by atoms with Crippen LogP contribution in [0, 0.1) is 0 Å². The summed E-state index contributed by atoms with van der Waals surface area (Å²) < 4.78 is 44.9. The van der Waals surface area contributed by atoms with Gasteiger partial charge in [-0.2, -0.15) is 13.2 Å². The van der Waals surface area contributed by atoms with Gasteiger partial charge in [-0.05, 0) is 49.8 Å². The van der Waals surface area contributed by atoms with Crippen molar-refractivity contribution in [3.63, 3.8) is 0 Å². The minimum absolute atomic E-state index is 0.0369. The number of rotatable bonds is 6. The molecule has 1 atom stereocenters. The molecule has 0 saturated heterocycles. The smallest absolute Gasteiger partial charge is 0.416 e. The number of allylic oxidation sites excluding steroid dienone is 1. The van der Waals surface area contributed by atoms with Crippen molar-refractivity contribution in [2.45, 2.75) is 70.6 Å². The van der Waals surface area contributed by atoms with E-state index in [-0.39, 0.29) is 30.5 Å². The molecular weight excluding hydrogens is 491 g/mol. The molecule has 1 unspecified atom stereocenters. The average molecular weight is 522 g/mol. The normalized spacial score (nSPS) is 20.6. The minimum atomic E-state index is -4.47. The first kappa shape index (κ1) is 26.3. The van der Waals surface area contributed by atoms with Crippen LogP contribution in [0.15, 0.2) is 51.6 Å². The predicted octanol–water partition coefficient (Wildman–Crippen LogP) is 6.02. The van der Waals surface area contributed by atoms with Crippen LogP contribution in [0.5, 0.6) is 0 Å². The Morgan fingerprint density at radius 3 is 2.44 bits per heavy atom. The fraction of sp³-hybridized carbons (Fsp3) is 0.500. The molecule has 2 aliphatic heterocycles. The number of alkyl halides is 3. The Morgan fingerprint density at radius 2 is 1.83 bits per heavy atom. The van der Waals surface area contributed by atoms with Gasteiger partial charge in [0.1, 0.15) is 0 Å². The van der Waals surface area contributed by atoms with Crippen molar-refractivity contribution in [3.05, 3.63) is 57.8 Å². The molecule has 1 fully saturated rings. The molecule has 0 bridgehead atoms. The van der Waals surface area contributed by atoms with Crippen molar-refractivity contribution >= 4 is 28.8 Å². The van der Waals surface area contributed by atoms with E-state index in [9.17, 15) is 22.8 Å². The van der Waals surface area contributed by atoms with E-state index in [0.717, 1.165) is 37.8 Å². The highest BCUT2D eigenvalue weighted by molar-refractivity contribution is 8.16. The average Bonchev–Trinajstić information content (AvgIpc) is 3.24. The summed E-state index contributed by atoms with van der Waals surface area (Å²) in [5.41, 5.74) is 1.06. The molecule has 6 nitrogen and oxygen atoms in total. The van der Waals surface area contributed by atoms with Crippen molar-refractivity contribution in [1.29, 1.82) is 0 Å². The molecule has 1 aliphatic carbocycles. The Kier molecular flexibility index (Phi) is 7.82. The summed E-state index contributed by atoms with van der Waals surface area (Å²) in [5.74, 6) is -0.616. The second-order valence-electron chi connectivity index (χ2n) is 9.21. The van der Waals surface area contributed by atoms with Gasteiger partial charge < -0.3 is 14.5 Å². The van der Waals surface area contributed by atoms with E-state index in [4.69, 9.17) is 4.74 Å². The molecule has 0 N–H and O–H groups in total. The summed E-state index contributed by atoms with van der Waals surface area (Å²) in [6.45, 7) is 3.53. The van der Waals surface area contributed by atoms with Gasteiger partial charge >= 0.3 is 12.1 Å². The monoisotopic (exact) mass is 521 g/mol. The minimum Gasteiger partial charge on any atom is -0.463 e. The lowest BCUT2D eigenvalue weighted by Crippen LogP contribution is -2.41. The maximum absolute atomic E-state index is 13.2. The van der Waals surface area contributed by atoms with Crippen LogP contribution in [0.1, 0.15) is 69.5 Å². The summed E-state index contributed by atoms with van der Waals surface area (Å²) >= 11 is 1.34. The maximum Gasteiger partial charge on any atom is 0.416 e. The molecule has 0 spiro atoms. The van der Waals surface area contributed by atoms with Crippen molar-refractivity contribution < 1.29 is 27.5 Å². The molecule has 36 heavy (non-hydrogen) atoms. The number of carbonyl (C=O) groups is 2. The van der Waals surface area contributed by atoms with Crippen molar-refractivity contribution in [1.82, 2.24) is 9.80 Å². The van der Waals surface area contributed by atoms with Crippen LogP contribution in [0.3, 0.4) is 0 Å². The summed E-state index contributed by atoms with van der Waals surface area (Å²) in [7, 11) is 1.83. The van der Waals surface area contributed by atoms with Crippen LogP contribution in [0.25, 0.3) is 0 Å². The summed E-state index contributed by atoms with van der Waals surface area (Å²) in [6.07, 6.45) is 0.985. The van der Waals surface area contributed by atoms with Crippen molar-refractivity contribution in [2.24, 2.45) is 4.99 Å². The molecule has 1 amide bonds. The lowest BCUT2D eigenvalue weighted by atomic mass is 9.92. The summed E-state index contributed by atoms with van der Waals surface area (Å²) in [4.78, 5) is 34.4. The van der Waals surface area contributed by atoms with E-state index in [1.807, 2.05) is 17.4 Å². The first-order valence-corrected chi connectivity index (χ1v) is 13.0. The summed E-state index contributed by atoms with van der Waals surface area (Å²) in [6, 6.07) is 4.21. The van der Waals surface area contributed by atoms with E-state index in [1.165, 1.54) is 30.3 Å². The Hall–Kier alpha value is -2.75. The molecule has 4 rings (SSSR count). The number of hydrogen-bond acceptors (Lipinski definition) is 6. The number of amidine groups is 1. The number of benzene rings is 1. The molecule has 1 aromatic rings. The van der Waals surface area contributed by atoms with Gasteiger partial charge in [0, 0.05) is 18.8 Å². The standard InChI is InChI=1S/C26H30F3N3O3S/c1-4-35-24(34)22-16(2)30-25-32(23(22)17-10-12-18(13-11-17)26(27,28)29)20(15-36-25)14-21(33)31(3)19-8-6-5-7-9-19/h10-13,15,19,23H,4-9,14H2,1-3H3. The zero-order valence-corrected chi connectivity index (χ0v) is 21.4. The van der Waals surface area contributed by atoms with Gasteiger partial charge in [-0.25, -0.2) is 9.79 Å². The Bertz CT molecular complexity index is 1110. The van der Waals surface area contributed by atoms with Crippen LogP contribution in [0.4, 0.5) is 13.2 Å². The number of ether oxygens (including phenoxy) is 1. The second kappa shape index (κ2) is 10.7. The fourth-order valence-corrected chi connectivity index (χ4v) is 5.93. The van der Waals surface area contributed by atoms with Gasteiger partial charge in [0.05, 0.1) is 35.9 Å². The molecule has 0 aromatic heterocycles. The van der Waals surface area contributed by atoms with Gasteiger partial charge in [0.2, 0.25) is 5.91 Å². The molecule has 0 radical (unpaired) electrons. The maximum atomic E-state index is 13.2. The number of fused-ring (bicyclic) bond motifs is 1. The lowest BCUT2D eigenvalue weighted by molar-refractivity contribution is -0.139. The number of hydrogen-bond donors (Lipinski definition) is 0. The second-order valence-corrected chi connectivity index (χ2v) is 10.0. The zero-order chi connectivity index (χ0) is 26.0. The van der Waals surface area contributed by atoms with Crippen molar-refractivity contribution in [3.8, 4) is 0 Å². The SMILES string of the molecule is CCOC(=O)C1=C(C)N=C2SC=C(CC(=O)N(C)C3CCCCC3)N2C1c1ccc(C(F)(F)F)cc1. The lowest BCUT2D eigenvalue weighted by Gasteiger charge is -2.37. The highest BCUT2D eigenvalue weighted by Crippen LogP contribution is 2.45. The Labute approximate surface area is 213 Å².